The molecule has 0 aliphatic heterocycles. The third kappa shape index (κ3) is 8.47. The smallest absolute Gasteiger partial charge is 0.268 e. The van der Waals surface area contributed by atoms with Gasteiger partial charge in [0.15, 0.2) is 10.1 Å². The quantitative estimate of drug-likeness (QED) is 0.167. The molecule has 0 unspecified atom stereocenters. The van der Waals surface area contributed by atoms with Gasteiger partial charge >= 0.3 is 0 Å². The van der Waals surface area contributed by atoms with E-state index < -0.39 is 10.1 Å². The molecule has 10 heteroatoms. The Morgan fingerprint density at radius 1 is 1.19 bits per heavy atom. The fraction of sp³-hybridized carbons (Fsp3) is 0.833. The summed E-state index contributed by atoms with van der Waals surface area (Å²) in [5.74, 6) is -0.00278. The van der Waals surface area contributed by atoms with Crippen molar-refractivity contribution in [3.05, 3.63) is 20.2 Å². The summed E-state index contributed by atoms with van der Waals surface area (Å²) < 4.78 is 0. The van der Waals surface area contributed by atoms with E-state index in [0.29, 0.717) is 6.54 Å². The maximum Gasteiger partial charge on any atom is 0.268 e. The van der Waals surface area contributed by atoms with Crippen LogP contribution in [0.1, 0.15) is 13.3 Å². The van der Waals surface area contributed by atoms with Crippen molar-refractivity contribution in [3.8, 4) is 0 Å². The summed E-state index contributed by atoms with van der Waals surface area (Å²) in [5.41, 5.74) is 1.92. The van der Waals surface area contributed by atoms with Crippen LogP contribution in [-0.4, -0.2) is 35.7 Å². The van der Waals surface area contributed by atoms with Gasteiger partial charge in [-0.2, -0.15) is 0 Å². The Labute approximate surface area is 91.4 Å². The minimum atomic E-state index is -0.841. The summed E-state index contributed by atoms with van der Waals surface area (Å²) in [7, 11) is 0. The molecule has 92 valence electrons. The van der Waals surface area contributed by atoms with Crippen LogP contribution in [0.2, 0.25) is 0 Å². The van der Waals surface area contributed by atoms with Gasteiger partial charge in [0, 0.05) is 13.1 Å². The molecular formula is C6H14N6O4. The topological polar surface area (TPSA) is 135 Å². The number of hydrogen-bond donors (Lipinski definition) is 3. The number of rotatable bonds is 7. The van der Waals surface area contributed by atoms with E-state index in [0.717, 1.165) is 6.42 Å². The number of hydrazone groups is 1. The summed E-state index contributed by atoms with van der Waals surface area (Å²) in [6, 6.07) is 0. The molecule has 0 heterocycles. The minimum absolute atomic E-state index is 0.00278. The highest BCUT2D eigenvalue weighted by atomic mass is 16.7. The average molecular weight is 234 g/mol. The van der Waals surface area contributed by atoms with Gasteiger partial charge in [-0.3, -0.25) is 0 Å². The Morgan fingerprint density at radius 2 is 1.81 bits per heavy atom. The Morgan fingerprint density at radius 3 is 2.31 bits per heavy atom. The fourth-order valence-electron chi connectivity index (χ4n) is 0.786. The molecule has 0 spiro atoms. The van der Waals surface area contributed by atoms with E-state index in [1.807, 2.05) is 12.3 Å². The number of nitro groups is 2. The highest BCUT2D eigenvalue weighted by molar-refractivity contribution is 5.79. The standard InChI is InChI=1S/C6H14N6O4/c1-2-3-7-6(10-12(15)16)8-4-5-9-11(13)14/h9H,2-5H2,1H3,(H2,7,8,10). The Kier molecular flexibility index (Phi) is 7.11. The van der Waals surface area contributed by atoms with Crippen molar-refractivity contribution in [1.29, 1.82) is 0 Å². The van der Waals surface area contributed by atoms with Gasteiger partial charge in [-0.05, 0) is 6.42 Å². The Hall–Kier alpha value is -2.13. The summed E-state index contributed by atoms with van der Waals surface area (Å²) in [6.07, 6.45) is 0.783. The highest BCUT2D eigenvalue weighted by Gasteiger charge is 2.03. The molecule has 3 N–H and O–H groups in total. The lowest BCUT2D eigenvalue weighted by atomic mass is 10.5. The van der Waals surface area contributed by atoms with Crippen LogP contribution < -0.4 is 16.1 Å². The zero-order valence-corrected chi connectivity index (χ0v) is 8.80. The van der Waals surface area contributed by atoms with Crippen LogP contribution >= 0.6 is 0 Å². The van der Waals surface area contributed by atoms with Crippen LogP contribution in [0, 0.1) is 20.2 Å². The molecule has 0 aromatic carbocycles. The second-order valence-electron chi connectivity index (χ2n) is 2.71. The van der Waals surface area contributed by atoms with Gasteiger partial charge in [0.1, 0.15) is 5.10 Å². The van der Waals surface area contributed by atoms with Crippen molar-refractivity contribution in [2.24, 2.45) is 5.10 Å². The molecule has 0 aliphatic carbocycles. The van der Waals surface area contributed by atoms with Gasteiger partial charge in [0.05, 0.1) is 6.54 Å². The van der Waals surface area contributed by atoms with Crippen LogP contribution in [0.15, 0.2) is 5.10 Å². The molecule has 0 saturated carbocycles. The summed E-state index contributed by atoms with van der Waals surface area (Å²) in [6.45, 7) is 2.62. The fourth-order valence-corrected chi connectivity index (χ4v) is 0.786. The van der Waals surface area contributed by atoms with Crippen LogP contribution in [-0.2, 0) is 0 Å². The second kappa shape index (κ2) is 8.20. The van der Waals surface area contributed by atoms with E-state index in [2.05, 4.69) is 15.7 Å². The summed E-state index contributed by atoms with van der Waals surface area (Å²) in [5, 5.41) is 26.8. The van der Waals surface area contributed by atoms with Gasteiger partial charge in [-0.1, -0.05) is 6.92 Å². The highest BCUT2D eigenvalue weighted by Crippen LogP contribution is 1.76. The monoisotopic (exact) mass is 234 g/mol. The van der Waals surface area contributed by atoms with Crippen molar-refractivity contribution in [2.45, 2.75) is 13.3 Å². The number of hydrogen-bond acceptors (Lipinski definition) is 4. The van der Waals surface area contributed by atoms with E-state index in [4.69, 9.17) is 0 Å². The van der Waals surface area contributed by atoms with Gasteiger partial charge in [0.25, 0.3) is 5.96 Å². The first kappa shape index (κ1) is 13.9. The van der Waals surface area contributed by atoms with Gasteiger partial charge in [-0.25, -0.2) is 20.2 Å². The van der Waals surface area contributed by atoms with Crippen LogP contribution in [0.5, 0.6) is 0 Å². The number of nitrogens with one attached hydrogen (secondary N) is 3. The lowest BCUT2D eigenvalue weighted by Gasteiger charge is -2.07. The minimum Gasteiger partial charge on any atom is -0.351 e. The van der Waals surface area contributed by atoms with Crippen molar-refractivity contribution < 1.29 is 10.1 Å². The van der Waals surface area contributed by atoms with Crippen LogP contribution in [0.25, 0.3) is 0 Å². The molecule has 0 radical (unpaired) electrons. The SMILES string of the molecule is CCCN/C(=N\[N+](=O)[O-])NCCN[N+](=O)[O-]. The van der Waals surface area contributed by atoms with E-state index >= 15 is 0 Å². The number of guanidine groups is 1. The molecule has 0 rings (SSSR count). The maximum absolute atomic E-state index is 10.1. The lowest BCUT2D eigenvalue weighted by molar-refractivity contribution is -0.543. The first-order chi connectivity index (χ1) is 7.56. The van der Waals surface area contributed by atoms with Gasteiger partial charge in [-0.15, -0.1) is 5.43 Å². The third-order valence-electron chi connectivity index (χ3n) is 1.38. The van der Waals surface area contributed by atoms with Crippen molar-refractivity contribution in [2.75, 3.05) is 19.6 Å². The third-order valence-corrected chi connectivity index (χ3v) is 1.38. The molecule has 0 amide bonds. The first-order valence-electron chi connectivity index (χ1n) is 4.65. The Bertz CT molecular complexity index is 268. The van der Waals surface area contributed by atoms with Crippen molar-refractivity contribution in [1.82, 2.24) is 16.1 Å². The molecule has 10 nitrogen and oxygen atoms in total. The maximum atomic E-state index is 10.1. The summed E-state index contributed by atoms with van der Waals surface area (Å²) >= 11 is 0. The first-order valence-corrected chi connectivity index (χ1v) is 4.65. The average Bonchev–Trinajstić information content (AvgIpc) is 2.19. The van der Waals surface area contributed by atoms with Crippen molar-refractivity contribution >= 4 is 5.96 Å². The number of hydrazine groups is 1. The molecular weight excluding hydrogens is 220 g/mol. The molecule has 0 fully saturated rings. The molecule has 0 aromatic heterocycles. The van der Waals surface area contributed by atoms with E-state index in [1.54, 1.807) is 0 Å². The molecule has 0 aromatic rings. The van der Waals surface area contributed by atoms with Gasteiger partial charge < -0.3 is 10.6 Å². The van der Waals surface area contributed by atoms with E-state index in [-0.39, 0.29) is 19.0 Å². The van der Waals surface area contributed by atoms with Gasteiger partial charge in [0.2, 0.25) is 0 Å². The van der Waals surface area contributed by atoms with E-state index in [9.17, 15) is 20.2 Å². The van der Waals surface area contributed by atoms with Crippen molar-refractivity contribution in [3.63, 3.8) is 0 Å². The summed E-state index contributed by atoms with van der Waals surface area (Å²) in [4.78, 5) is 20.0. The Balaban J connectivity index is 3.92. The second-order valence-corrected chi connectivity index (χ2v) is 2.71. The largest absolute Gasteiger partial charge is 0.351 e. The molecule has 0 bridgehead atoms. The predicted octanol–water partition coefficient (Wildman–Crippen LogP) is -1.10. The van der Waals surface area contributed by atoms with Crippen LogP contribution in [0.4, 0.5) is 0 Å². The molecule has 16 heavy (non-hydrogen) atoms. The lowest BCUT2D eigenvalue weighted by Crippen LogP contribution is -2.42. The molecule has 0 atom stereocenters. The molecule has 0 aliphatic rings. The zero-order chi connectivity index (χ0) is 12.4. The zero-order valence-electron chi connectivity index (χ0n) is 8.80. The number of nitrogens with zero attached hydrogens (tertiary/aromatic N) is 3. The van der Waals surface area contributed by atoms with Crippen LogP contribution in [0.3, 0.4) is 0 Å². The normalized spacial score (nSPS) is 10.7. The molecule has 0 saturated heterocycles. The predicted molar refractivity (Wildman–Crippen MR) is 55.7 cm³/mol. The van der Waals surface area contributed by atoms with E-state index in [1.165, 1.54) is 0 Å².